The number of hydrogen-bond donors (Lipinski definition) is 1. The Kier molecular flexibility index (Phi) is 4.70. The molecule has 0 fully saturated rings. The number of nitrogens with zero attached hydrogens (tertiary/aromatic N) is 1. The Morgan fingerprint density at radius 2 is 2.17 bits per heavy atom. The number of nitrogens with two attached hydrogens (primary N) is 1. The van der Waals surface area contributed by atoms with Gasteiger partial charge in [0.25, 0.3) is 0 Å². The molecule has 0 saturated carbocycles. The first-order valence-electron chi connectivity index (χ1n) is 5.47. The predicted molar refractivity (Wildman–Crippen MR) is 68.7 cm³/mol. The van der Waals surface area contributed by atoms with Crippen molar-refractivity contribution in [2.75, 3.05) is 18.1 Å². The fourth-order valence-electron chi connectivity index (χ4n) is 1.43. The Morgan fingerprint density at radius 1 is 1.50 bits per heavy atom. The first kappa shape index (κ1) is 14.5. The van der Waals surface area contributed by atoms with Gasteiger partial charge in [-0.15, -0.1) is 0 Å². The Morgan fingerprint density at radius 3 is 2.78 bits per heavy atom. The van der Waals surface area contributed by atoms with Crippen molar-refractivity contribution in [1.82, 2.24) is 0 Å². The quantitative estimate of drug-likeness (QED) is 0.812. The van der Waals surface area contributed by atoms with E-state index in [1.54, 1.807) is 26.0 Å². The average Bonchev–Trinajstić information content (AvgIpc) is 2.31. The van der Waals surface area contributed by atoms with Crippen LogP contribution in [-0.2, 0) is 14.6 Å². The van der Waals surface area contributed by atoms with Gasteiger partial charge in [-0.05, 0) is 31.5 Å². The highest BCUT2D eigenvalue weighted by Crippen LogP contribution is 2.19. The van der Waals surface area contributed by atoms with Gasteiger partial charge < -0.3 is 10.5 Å². The van der Waals surface area contributed by atoms with Crippen molar-refractivity contribution in [1.29, 1.82) is 5.26 Å². The van der Waals surface area contributed by atoms with Crippen LogP contribution < -0.4 is 5.73 Å². The minimum absolute atomic E-state index is 0.00863. The van der Waals surface area contributed by atoms with Gasteiger partial charge in [0, 0.05) is 5.69 Å². The molecular weight excluding hydrogens is 252 g/mol. The van der Waals surface area contributed by atoms with Gasteiger partial charge in [-0.1, -0.05) is 6.07 Å². The maximum atomic E-state index is 12.1. The molecule has 0 aromatic heterocycles. The summed E-state index contributed by atoms with van der Waals surface area (Å²) in [6, 6.07) is 6.64. The lowest BCUT2D eigenvalue weighted by molar-refractivity contribution is 0.116. The summed E-state index contributed by atoms with van der Waals surface area (Å²) >= 11 is 0. The molecule has 0 aliphatic carbocycles. The largest absolute Gasteiger partial charge is 0.399 e. The van der Waals surface area contributed by atoms with Gasteiger partial charge in [-0.2, -0.15) is 5.26 Å². The molecule has 1 unspecified atom stereocenters. The van der Waals surface area contributed by atoms with Crippen LogP contribution in [0.1, 0.15) is 12.5 Å². The van der Waals surface area contributed by atoms with Crippen LogP contribution in [0.3, 0.4) is 0 Å². The average molecular weight is 268 g/mol. The Hall–Kier alpha value is -1.58. The van der Waals surface area contributed by atoms with Crippen molar-refractivity contribution in [3.63, 3.8) is 0 Å². The number of anilines is 1. The normalized spacial score (nSPS) is 12.9. The maximum absolute atomic E-state index is 12.1. The van der Waals surface area contributed by atoms with Crippen LogP contribution in [0.25, 0.3) is 0 Å². The lowest BCUT2D eigenvalue weighted by atomic mass is 10.2. The van der Waals surface area contributed by atoms with E-state index < -0.39 is 15.9 Å². The van der Waals surface area contributed by atoms with E-state index in [4.69, 9.17) is 15.7 Å². The van der Waals surface area contributed by atoms with Crippen LogP contribution in [0.4, 0.5) is 5.69 Å². The second-order valence-corrected chi connectivity index (χ2v) is 6.06. The van der Waals surface area contributed by atoms with Crippen LogP contribution >= 0.6 is 0 Å². The minimum Gasteiger partial charge on any atom is -0.399 e. The SMILES string of the molecule is Cc1ccc(N)cc1S(=O)(=O)CCOC(C)C#N. The molecule has 6 heteroatoms. The molecule has 0 spiro atoms. The third-order valence-electron chi connectivity index (χ3n) is 2.45. The highest BCUT2D eigenvalue weighted by atomic mass is 32.2. The van der Waals surface area contributed by atoms with Gasteiger partial charge in [0.1, 0.15) is 6.10 Å². The fourth-order valence-corrected chi connectivity index (χ4v) is 2.84. The summed E-state index contributed by atoms with van der Waals surface area (Å²) in [7, 11) is -3.43. The summed E-state index contributed by atoms with van der Waals surface area (Å²) in [5.41, 5.74) is 6.64. The standard InChI is InChI=1S/C12H16N2O3S/c1-9-3-4-11(14)7-12(9)18(15,16)6-5-17-10(2)8-13/h3-4,7,10H,5-6,14H2,1-2H3. The minimum atomic E-state index is -3.43. The molecular formula is C12H16N2O3S. The predicted octanol–water partition coefficient (Wildman–Crippen LogP) is 1.28. The number of nitriles is 1. The van der Waals surface area contributed by atoms with E-state index in [2.05, 4.69) is 0 Å². The third-order valence-corrected chi connectivity index (χ3v) is 4.26. The molecule has 0 radical (unpaired) electrons. The molecule has 1 rings (SSSR count). The van der Waals surface area contributed by atoms with Crippen molar-refractivity contribution in [2.24, 2.45) is 0 Å². The number of aryl methyl sites for hydroxylation is 1. The summed E-state index contributed by atoms with van der Waals surface area (Å²) in [5.74, 6) is -0.163. The number of rotatable bonds is 5. The summed E-state index contributed by atoms with van der Waals surface area (Å²) in [6.07, 6.45) is -0.609. The van der Waals surface area contributed by atoms with Crippen LogP contribution in [-0.4, -0.2) is 26.9 Å². The number of nitrogen functional groups attached to an aromatic ring is 1. The number of sulfone groups is 1. The molecule has 2 N–H and O–H groups in total. The zero-order chi connectivity index (χ0) is 13.8. The smallest absolute Gasteiger partial charge is 0.180 e. The molecule has 0 heterocycles. The van der Waals surface area contributed by atoms with Gasteiger partial charge in [-0.25, -0.2) is 8.42 Å². The highest BCUT2D eigenvalue weighted by Gasteiger charge is 2.17. The molecule has 1 aromatic rings. The maximum Gasteiger partial charge on any atom is 0.180 e. The van der Waals surface area contributed by atoms with E-state index in [9.17, 15) is 8.42 Å². The molecule has 1 aromatic carbocycles. The van der Waals surface area contributed by atoms with E-state index in [0.717, 1.165) is 0 Å². The molecule has 98 valence electrons. The molecule has 0 saturated heterocycles. The van der Waals surface area contributed by atoms with Crippen LogP contribution in [0.5, 0.6) is 0 Å². The lowest BCUT2D eigenvalue weighted by Crippen LogP contribution is -2.17. The molecule has 0 aliphatic heterocycles. The topological polar surface area (TPSA) is 93.2 Å². The van der Waals surface area contributed by atoms with E-state index in [1.807, 2.05) is 6.07 Å². The van der Waals surface area contributed by atoms with Crippen LogP contribution in [0.15, 0.2) is 23.1 Å². The van der Waals surface area contributed by atoms with Crippen molar-refractivity contribution in [3.8, 4) is 6.07 Å². The van der Waals surface area contributed by atoms with Gasteiger partial charge in [-0.3, -0.25) is 0 Å². The summed E-state index contributed by atoms with van der Waals surface area (Å²) in [5, 5.41) is 8.52. The zero-order valence-electron chi connectivity index (χ0n) is 10.4. The summed E-state index contributed by atoms with van der Waals surface area (Å²) in [6.45, 7) is 3.27. The Balaban J connectivity index is 2.81. The third kappa shape index (κ3) is 3.72. The lowest BCUT2D eigenvalue weighted by Gasteiger charge is -2.09. The van der Waals surface area contributed by atoms with Crippen molar-refractivity contribution >= 4 is 15.5 Å². The monoisotopic (exact) mass is 268 g/mol. The number of ether oxygens (including phenoxy) is 1. The van der Waals surface area contributed by atoms with Gasteiger partial charge in [0.2, 0.25) is 0 Å². The summed E-state index contributed by atoms with van der Waals surface area (Å²) < 4.78 is 29.2. The molecule has 0 aliphatic rings. The Labute approximate surface area is 107 Å². The first-order chi connectivity index (χ1) is 8.36. The molecule has 0 amide bonds. The van der Waals surface area contributed by atoms with Gasteiger partial charge >= 0.3 is 0 Å². The molecule has 18 heavy (non-hydrogen) atoms. The highest BCUT2D eigenvalue weighted by molar-refractivity contribution is 7.91. The van der Waals surface area contributed by atoms with Gasteiger partial charge in [0.05, 0.1) is 23.3 Å². The zero-order valence-corrected chi connectivity index (χ0v) is 11.2. The second-order valence-electron chi connectivity index (χ2n) is 3.99. The number of benzene rings is 1. The van der Waals surface area contributed by atoms with Crippen LogP contribution in [0.2, 0.25) is 0 Å². The van der Waals surface area contributed by atoms with E-state index >= 15 is 0 Å². The van der Waals surface area contributed by atoms with Crippen LogP contribution in [0, 0.1) is 18.3 Å². The van der Waals surface area contributed by atoms with Crippen molar-refractivity contribution in [3.05, 3.63) is 23.8 Å². The Bertz CT molecular complexity index is 561. The van der Waals surface area contributed by atoms with E-state index in [-0.39, 0.29) is 17.3 Å². The van der Waals surface area contributed by atoms with Crippen molar-refractivity contribution in [2.45, 2.75) is 24.8 Å². The van der Waals surface area contributed by atoms with Crippen molar-refractivity contribution < 1.29 is 13.2 Å². The number of hydrogen-bond acceptors (Lipinski definition) is 5. The first-order valence-corrected chi connectivity index (χ1v) is 7.12. The molecule has 0 bridgehead atoms. The van der Waals surface area contributed by atoms with Gasteiger partial charge in [0.15, 0.2) is 9.84 Å². The molecule has 1 atom stereocenters. The summed E-state index contributed by atoms with van der Waals surface area (Å²) in [4.78, 5) is 0.218. The molecule has 5 nitrogen and oxygen atoms in total. The van der Waals surface area contributed by atoms with E-state index in [0.29, 0.717) is 11.3 Å². The van der Waals surface area contributed by atoms with E-state index in [1.165, 1.54) is 6.07 Å². The fraction of sp³-hybridized carbons (Fsp3) is 0.417. The second kappa shape index (κ2) is 5.85.